The predicted octanol–water partition coefficient (Wildman–Crippen LogP) is 9.07. The van der Waals surface area contributed by atoms with Crippen molar-refractivity contribution in [3.05, 3.63) is 92.0 Å². The number of benzene rings is 3. The lowest BCUT2D eigenvalue weighted by Gasteiger charge is -2.09. The first-order valence-electron chi connectivity index (χ1n) is 14.9. The van der Waals surface area contributed by atoms with E-state index < -0.39 is 5.97 Å². The van der Waals surface area contributed by atoms with Gasteiger partial charge in [-0.15, -0.1) is 0 Å². The molecule has 252 valence electrons. The average molecular weight is 631 g/mol. The van der Waals surface area contributed by atoms with Gasteiger partial charge in [0.1, 0.15) is 17.1 Å². The molecule has 2 N–H and O–H groups in total. The SMILES string of the molecule is C.C.CCOC(=O)c1c(C)cc(C)cc1C.CCOC(=O)c1c(C)cc(C)cc1O.CCOC(=O)c1c(C)cc(O)cc1C.[3H]C. The van der Waals surface area contributed by atoms with Crippen molar-refractivity contribution in [3.63, 3.8) is 0 Å². The third-order valence-corrected chi connectivity index (χ3v) is 6.09. The van der Waals surface area contributed by atoms with Gasteiger partial charge in [-0.2, -0.15) is 0 Å². The van der Waals surface area contributed by atoms with Crippen molar-refractivity contribution < 1.29 is 40.2 Å². The fraction of sp³-hybridized carbons (Fsp3) is 0.432. The lowest BCUT2D eigenvalue weighted by Crippen LogP contribution is -2.09. The van der Waals surface area contributed by atoms with E-state index in [9.17, 15) is 24.6 Å². The van der Waals surface area contributed by atoms with E-state index in [1.807, 2.05) is 52.8 Å². The van der Waals surface area contributed by atoms with Crippen LogP contribution in [-0.4, -0.2) is 47.9 Å². The molecule has 0 amide bonds. The minimum atomic E-state index is -0.470. The maximum Gasteiger partial charge on any atom is 0.342 e. The zero-order valence-corrected chi connectivity index (χ0v) is 27.4. The van der Waals surface area contributed by atoms with E-state index in [1.54, 1.807) is 52.8 Å². The van der Waals surface area contributed by atoms with Crippen LogP contribution in [0.2, 0.25) is 0 Å². The number of aryl methyl sites for hydroxylation is 7. The highest BCUT2D eigenvalue weighted by molar-refractivity contribution is 5.94. The van der Waals surface area contributed by atoms with Crippen LogP contribution < -0.4 is 0 Å². The maximum absolute atomic E-state index is 11.6. The van der Waals surface area contributed by atoms with Crippen LogP contribution in [-0.2, 0) is 14.2 Å². The molecule has 3 rings (SSSR count). The Bertz CT molecular complexity index is 1170. The van der Waals surface area contributed by atoms with E-state index in [0.29, 0.717) is 30.9 Å². The van der Waals surface area contributed by atoms with Crippen molar-refractivity contribution in [1.82, 2.24) is 0 Å². The van der Waals surface area contributed by atoms with Crippen LogP contribution in [0.15, 0.2) is 36.4 Å². The molecule has 0 atom stereocenters. The van der Waals surface area contributed by atoms with Gasteiger partial charge in [-0.25, -0.2) is 14.4 Å². The van der Waals surface area contributed by atoms with Gasteiger partial charge in [-0.1, -0.05) is 46.0 Å². The Morgan fingerprint density at radius 2 is 0.800 bits per heavy atom. The molecule has 3 aromatic carbocycles. The number of hydrogen-bond acceptors (Lipinski definition) is 8. The second-order valence-corrected chi connectivity index (χ2v) is 9.87. The molecule has 0 bridgehead atoms. The number of carbonyl (C=O) groups excluding carboxylic acids is 3. The summed E-state index contributed by atoms with van der Waals surface area (Å²) in [5, 5.41) is 18.8. The van der Waals surface area contributed by atoms with Crippen LogP contribution in [0.1, 0.15) is 114 Å². The highest BCUT2D eigenvalue weighted by atomic mass is 16.5. The second-order valence-electron chi connectivity index (χ2n) is 9.87. The van der Waals surface area contributed by atoms with Gasteiger partial charge in [-0.3, -0.25) is 0 Å². The van der Waals surface area contributed by atoms with Crippen molar-refractivity contribution in [2.75, 3.05) is 19.8 Å². The summed E-state index contributed by atoms with van der Waals surface area (Å²) in [5.74, 6) is -0.860. The number of phenols is 2. The van der Waals surface area contributed by atoms with Gasteiger partial charge in [0.25, 0.3) is 0 Å². The Balaban J connectivity index is -0.000000574. The summed E-state index contributed by atoms with van der Waals surface area (Å²) in [7, 11) is 1.25. The Morgan fingerprint density at radius 3 is 1.11 bits per heavy atom. The van der Waals surface area contributed by atoms with Crippen LogP contribution >= 0.6 is 0 Å². The zero-order valence-electron chi connectivity index (χ0n) is 28.4. The lowest BCUT2D eigenvalue weighted by molar-refractivity contribution is 0.0513. The van der Waals surface area contributed by atoms with Crippen molar-refractivity contribution in [2.24, 2.45) is 0 Å². The predicted molar refractivity (Wildman–Crippen MR) is 184 cm³/mol. The smallest absolute Gasteiger partial charge is 0.342 e. The number of carbonyl (C=O) groups is 3. The molecule has 0 unspecified atom stereocenters. The van der Waals surface area contributed by atoms with Gasteiger partial charge in [0.15, 0.2) is 0 Å². The van der Waals surface area contributed by atoms with E-state index in [-0.39, 0.29) is 43.9 Å². The summed E-state index contributed by atoms with van der Waals surface area (Å²) < 4.78 is 20.5. The van der Waals surface area contributed by atoms with Crippen LogP contribution in [0, 0.1) is 48.5 Å². The third-order valence-electron chi connectivity index (χ3n) is 6.09. The van der Waals surface area contributed by atoms with Crippen molar-refractivity contribution >= 4 is 17.9 Å². The van der Waals surface area contributed by atoms with Gasteiger partial charge >= 0.3 is 17.9 Å². The van der Waals surface area contributed by atoms with Gasteiger partial charge in [0.05, 0.1) is 30.9 Å². The van der Waals surface area contributed by atoms with Crippen LogP contribution in [0.25, 0.3) is 0 Å². The molecule has 0 aliphatic heterocycles. The van der Waals surface area contributed by atoms with Crippen LogP contribution in [0.5, 0.6) is 11.5 Å². The molecule has 3 aromatic rings. The molecule has 0 heterocycles. The Labute approximate surface area is 272 Å². The summed E-state index contributed by atoms with van der Waals surface area (Å²) >= 11 is 0. The number of hydrogen-bond donors (Lipinski definition) is 2. The molecule has 0 aliphatic carbocycles. The third kappa shape index (κ3) is 13.5. The van der Waals surface area contributed by atoms with Crippen molar-refractivity contribution in [3.8, 4) is 11.5 Å². The molecule has 0 radical (unpaired) electrons. The van der Waals surface area contributed by atoms with Crippen molar-refractivity contribution in [1.29, 1.82) is 0 Å². The van der Waals surface area contributed by atoms with Crippen molar-refractivity contribution in [2.45, 2.75) is 91.5 Å². The fourth-order valence-corrected chi connectivity index (χ4v) is 4.59. The molecular weight excluding hydrogens is 572 g/mol. The molecule has 8 nitrogen and oxygen atoms in total. The molecule has 0 saturated carbocycles. The first kappa shape index (κ1) is 42.8. The molecule has 0 aromatic heterocycles. The normalized spacial score (nSPS) is 9.44. The summed E-state index contributed by atoms with van der Waals surface area (Å²) in [6.45, 7) is 19.5. The topological polar surface area (TPSA) is 119 Å². The molecule has 0 saturated heterocycles. The molecule has 8 heteroatoms. The van der Waals surface area contributed by atoms with Crippen LogP contribution in [0.3, 0.4) is 0 Å². The lowest BCUT2D eigenvalue weighted by atomic mass is 10.00. The molecule has 0 aliphatic rings. The summed E-state index contributed by atoms with van der Waals surface area (Å²) in [6, 6.07) is 10.5. The average Bonchev–Trinajstić information content (AvgIpc) is 2.89. The highest BCUT2D eigenvalue weighted by Gasteiger charge is 2.16. The van der Waals surface area contributed by atoms with Gasteiger partial charge in [0.2, 0.25) is 0 Å². The van der Waals surface area contributed by atoms with Gasteiger partial charge in [-0.05, 0) is 121 Å². The van der Waals surface area contributed by atoms with Gasteiger partial charge in [0, 0.05) is 1.37 Å². The first-order chi connectivity index (χ1) is 20.7. The van der Waals surface area contributed by atoms with E-state index in [0.717, 1.165) is 33.4 Å². The molecule has 0 fully saturated rings. The molecule has 45 heavy (non-hydrogen) atoms. The number of ether oxygens (including phenoxy) is 3. The number of rotatable bonds is 6. The quantitative estimate of drug-likeness (QED) is 0.204. The Kier molecular flexibility index (Phi) is 20.3. The number of esters is 3. The fourth-order valence-electron chi connectivity index (χ4n) is 4.59. The number of aromatic hydroxyl groups is 2. The van der Waals surface area contributed by atoms with E-state index in [1.165, 1.54) is 13.0 Å². The summed E-state index contributed by atoms with van der Waals surface area (Å²) in [4.78, 5) is 34.5. The molecular formula is C37H56O8. The Morgan fingerprint density at radius 1 is 0.533 bits per heavy atom. The van der Waals surface area contributed by atoms with E-state index in [4.69, 9.17) is 15.6 Å². The largest absolute Gasteiger partial charge is 0.508 e. The zero-order chi connectivity index (χ0) is 34.1. The van der Waals surface area contributed by atoms with E-state index >= 15 is 0 Å². The van der Waals surface area contributed by atoms with E-state index in [2.05, 4.69) is 0 Å². The first-order valence-corrected chi connectivity index (χ1v) is 13.9. The molecule has 0 spiro atoms. The highest BCUT2D eigenvalue weighted by Crippen LogP contribution is 2.24. The van der Waals surface area contributed by atoms with Gasteiger partial charge < -0.3 is 24.4 Å². The van der Waals surface area contributed by atoms with Crippen LogP contribution in [0.4, 0.5) is 0 Å². The second kappa shape index (κ2) is 21.4. The minimum absolute atomic E-state index is 0. The summed E-state index contributed by atoms with van der Waals surface area (Å²) in [6.07, 6.45) is 0. The maximum atomic E-state index is 11.6. The monoisotopic (exact) mass is 630 g/mol. The standard InChI is InChI=1S/C12H16O2.2C11H14O3.3CH4/c1-5-14-12(13)11-9(3)6-8(2)7-10(11)4;1-4-14-11(13)10-7(2)5-9(12)6-8(10)3;1-4-14-11(13)10-8(3)5-7(2)6-9(10)12;;;/h6-7H,5H2,1-4H3;2*5-6,12H,4H2,1-3H3;3*1H4/i;;;1T;;. The minimum Gasteiger partial charge on any atom is -0.508 e. The summed E-state index contributed by atoms with van der Waals surface area (Å²) in [5.41, 5.74) is 7.80. The Hall–Kier alpha value is -4.33. The number of phenolic OH excluding ortho intramolecular Hbond substituents is 2.